The molecule has 0 saturated heterocycles. The standard InChI is InChI=1S/C13H11ClO5/c1-6-3-12(15)19-10-5-11(9(14)4-8(6)10)18-7(2)13(16)17/h3-5,7H,1-2H3,(H,16,17)/p-1/t7-/m1/s1. The summed E-state index contributed by atoms with van der Waals surface area (Å²) in [5.74, 6) is -1.23. The van der Waals surface area contributed by atoms with E-state index in [-0.39, 0.29) is 16.4 Å². The van der Waals surface area contributed by atoms with Crippen LogP contribution in [0.25, 0.3) is 11.0 Å². The first-order chi connectivity index (χ1) is 8.88. The van der Waals surface area contributed by atoms with Gasteiger partial charge < -0.3 is 19.1 Å². The number of rotatable bonds is 3. The van der Waals surface area contributed by atoms with Gasteiger partial charge in [-0.15, -0.1) is 0 Å². The third-order valence-corrected chi connectivity index (χ3v) is 2.93. The average Bonchev–Trinajstić information content (AvgIpc) is 2.31. The summed E-state index contributed by atoms with van der Waals surface area (Å²) in [6.45, 7) is 3.07. The molecule has 0 unspecified atom stereocenters. The van der Waals surface area contributed by atoms with Gasteiger partial charge in [-0.1, -0.05) is 11.6 Å². The number of halogens is 1. The second kappa shape index (κ2) is 4.93. The van der Waals surface area contributed by atoms with Gasteiger partial charge in [-0.2, -0.15) is 0 Å². The Kier molecular flexibility index (Phi) is 3.48. The molecule has 1 aromatic heterocycles. The third-order valence-electron chi connectivity index (χ3n) is 2.64. The average molecular weight is 282 g/mol. The van der Waals surface area contributed by atoms with Crippen molar-refractivity contribution in [2.24, 2.45) is 0 Å². The zero-order valence-corrected chi connectivity index (χ0v) is 11.0. The number of carboxylic acid groups (broad SMARTS) is 1. The molecular weight excluding hydrogens is 272 g/mol. The third kappa shape index (κ3) is 2.71. The first-order valence-electron chi connectivity index (χ1n) is 5.50. The van der Waals surface area contributed by atoms with Crippen molar-refractivity contribution in [3.63, 3.8) is 0 Å². The molecule has 1 atom stereocenters. The quantitative estimate of drug-likeness (QED) is 0.792. The molecule has 0 fully saturated rings. The number of hydrogen-bond acceptors (Lipinski definition) is 5. The smallest absolute Gasteiger partial charge is 0.336 e. The topological polar surface area (TPSA) is 79.6 Å². The van der Waals surface area contributed by atoms with Crippen molar-refractivity contribution < 1.29 is 19.1 Å². The first-order valence-corrected chi connectivity index (χ1v) is 5.88. The van der Waals surface area contributed by atoms with Crippen LogP contribution in [-0.4, -0.2) is 12.1 Å². The summed E-state index contributed by atoms with van der Waals surface area (Å²) in [6.07, 6.45) is -1.16. The fourth-order valence-corrected chi connectivity index (χ4v) is 1.86. The van der Waals surface area contributed by atoms with Crippen molar-refractivity contribution >= 4 is 28.5 Å². The maximum Gasteiger partial charge on any atom is 0.336 e. The summed E-state index contributed by atoms with van der Waals surface area (Å²) in [4.78, 5) is 21.9. The van der Waals surface area contributed by atoms with Crippen LogP contribution in [0.15, 0.2) is 27.4 Å². The Labute approximate surface area is 113 Å². The molecule has 0 bridgehead atoms. The van der Waals surface area contributed by atoms with Gasteiger partial charge in [-0.05, 0) is 25.5 Å². The lowest BCUT2D eigenvalue weighted by Gasteiger charge is -2.16. The predicted octanol–water partition coefficient (Wildman–Crippen LogP) is 1.27. The summed E-state index contributed by atoms with van der Waals surface area (Å²) in [5.41, 5.74) is 0.508. The summed E-state index contributed by atoms with van der Waals surface area (Å²) >= 11 is 6.01. The van der Waals surface area contributed by atoms with Crippen molar-refractivity contribution in [2.75, 3.05) is 0 Å². The van der Waals surface area contributed by atoms with Crippen molar-refractivity contribution in [1.82, 2.24) is 0 Å². The maximum absolute atomic E-state index is 11.3. The zero-order chi connectivity index (χ0) is 14.2. The number of fused-ring (bicyclic) bond motifs is 1. The minimum absolute atomic E-state index is 0.125. The highest BCUT2D eigenvalue weighted by Gasteiger charge is 2.12. The van der Waals surface area contributed by atoms with Crippen LogP contribution in [0, 0.1) is 6.92 Å². The van der Waals surface area contributed by atoms with Crippen LogP contribution in [0.5, 0.6) is 5.75 Å². The van der Waals surface area contributed by atoms with E-state index in [0.717, 1.165) is 0 Å². The molecule has 6 heteroatoms. The van der Waals surface area contributed by atoms with Crippen LogP contribution in [0.3, 0.4) is 0 Å². The number of hydrogen-bond donors (Lipinski definition) is 0. The minimum atomic E-state index is -1.36. The molecule has 5 nitrogen and oxygen atoms in total. The Bertz CT molecular complexity index is 704. The molecule has 0 amide bonds. The number of aryl methyl sites for hydroxylation is 1. The van der Waals surface area contributed by atoms with E-state index < -0.39 is 17.7 Å². The summed E-state index contributed by atoms with van der Waals surface area (Å²) in [6, 6.07) is 4.31. The SMILES string of the molecule is Cc1cc(=O)oc2cc(O[C@H](C)C(=O)[O-])c(Cl)cc12. The molecular formula is C13H10ClO5-. The monoisotopic (exact) mass is 281 g/mol. The Balaban J connectivity index is 2.55. The van der Waals surface area contributed by atoms with E-state index in [1.54, 1.807) is 13.0 Å². The highest BCUT2D eigenvalue weighted by atomic mass is 35.5. The van der Waals surface area contributed by atoms with Gasteiger partial charge in [0.1, 0.15) is 17.4 Å². The first kappa shape index (κ1) is 13.4. The fourth-order valence-electron chi connectivity index (χ4n) is 1.65. The van der Waals surface area contributed by atoms with Crippen LogP contribution in [0.1, 0.15) is 12.5 Å². The largest absolute Gasteiger partial charge is 0.546 e. The summed E-state index contributed by atoms with van der Waals surface area (Å²) < 4.78 is 10.2. The Hall–Kier alpha value is -2.01. The number of carbonyl (C=O) groups excluding carboxylic acids is 1. The van der Waals surface area contributed by atoms with Crippen LogP contribution in [0.2, 0.25) is 5.02 Å². The number of carboxylic acids is 1. The predicted molar refractivity (Wildman–Crippen MR) is 67.3 cm³/mol. The van der Waals surface area contributed by atoms with Gasteiger partial charge in [0.05, 0.1) is 11.0 Å². The van der Waals surface area contributed by atoms with E-state index in [9.17, 15) is 14.7 Å². The van der Waals surface area contributed by atoms with Gasteiger partial charge in [0.15, 0.2) is 0 Å². The normalized spacial score (nSPS) is 12.4. The molecule has 100 valence electrons. The summed E-state index contributed by atoms with van der Waals surface area (Å²) in [7, 11) is 0. The van der Waals surface area contributed by atoms with Gasteiger partial charge >= 0.3 is 5.63 Å². The molecule has 0 saturated carbocycles. The molecule has 2 rings (SSSR count). The van der Waals surface area contributed by atoms with Gasteiger partial charge in [-0.3, -0.25) is 0 Å². The summed E-state index contributed by atoms with van der Waals surface area (Å²) in [5, 5.41) is 11.5. The van der Waals surface area contributed by atoms with Gasteiger partial charge in [0, 0.05) is 17.5 Å². The molecule has 0 aliphatic heterocycles. The minimum Gasteiger partial charge on any atom is -0.546 e. The van der Waals surface area contributed by atoms with Crippen LogP contribution >= 0.6 is 11.6 Å². The Morgan fingerprint density at radius 2 is 2.11 bits per heavy atom. The lowest BCUT2D eigenvalue weighted by Crippen LogP contribution is -2.37. The van der Waals surface area contributed by atoms with E-state index in [4.69, 9.17) is 20.8 Å². The number of ether oxygens (including phenoxy) is 1. The molecule has 19 heavy (non-hydrogen) atoms. The van der Waals surface area contributed by atoms with E-state index >= 15 is 0 Å². The van der Waals surface area contributed by atoms with Crippen LogP contribution in [0.4, 0.5) is 0 Å². The van der Waals surface area contributed by atoms with Crippen molar-refractivity contribution in [3.8, 4) is 5.75 Å². The van der Waals surface area contributed by atoms with E-state index in [2.05, 4.69) is 0 Å². The van der Waals surface area contributed by atoms with Gasteiger partial charge in [0.25, 0.3) is 0 Å². The molecule has 0 aliphatic carbocycles. The highest BCUT2D eigenvalue weighted by Crippen LogP contribution is 2.31. The molecule has 1 heterocycles. The lowest BCUT2D eigenvalue weighted by atomic mass is 10.1. The van der Waals surface area contributed by atoms with Crippen LogP contribution in [-0.2, 0) is 4.79 Å². The Morgan fingerprint density at radius 3 is 2.74 bits per heavy atom. The van der Waals surface area contributed by atoms with Crippen LogP contribution < -0.4 is 15.5 Å². The molecule has 0 radical (unpaired) electrons. The van der Waals surface area contributed by atoms with E-state index in [1.807, 2.05) is 0 Å². The molecule has 0 aliphatic rings. The van der Waals surface area contributed by atoms with E-state index in [1.165, 1.54) is 19.1 Å². The second-order valence-corrected chi connectivity index (χ2v) is 4.51. The lowest BCUT2D eigenvalue weighted by molar-refractivity contribution is -0.312. The van der Waals surface area contributed by atoms with Gasteiger partial charge in [0.2, 0.25) is 0 Å². The zero-order valence-electron chi connectivity index (χ0n) is 10.2. The maximum atomic E-state index is 11.3. The second-order valence-electron chi connectivity index (χ2n) is 4.11. The molecule has 1 aromatic carbocycles. The number of carbonyl (C=O) groups is 1. The number of benzene rings is 1. The molecule has 0 spiro atoms. The Morgan fingerprint density at radius 1 is 1.42 bits per heavy atom. The van der Waals surface area contributed by atoms with Crippen molar-refractivity contribution in [1.29, 1.82) is 0 Å². The fraction of sp³-hybridized carbons (Fsp3) is 0.231. The highest BCUT2D eigenvalue weighted by molar-refractivity contribution is 6.32. The van der Waals surface area contributed by atoms with Gasteiger partial charge in [-0.25, -0.2) is 4.79 Å². The van der Waals surface area contributed by atoms with Crippen molar-refractivity contribution in [2.45, 2.75) is 20.0 Å². The number of aliphatic carboxylic acids is 1. The molecule has 0 N–H and O–H groups in total. The van der Waals surface area contributed by atoms with E-state index in [0.29, 0.717) is 10.9 Å². The molecule has 2 aromatic rings. The van der Waals surface area contributed by atoms with Crippen molar-refractivity contribution in [3.05, 3.63) is 39.2 Å².